The minimum Gasteiger partial charge on any atom is -0.418 e. The van der Waals surface area contributed by atoms with Gasteiger partial charge in [0.05, 0.1) is 95.6 Å². The molecule has 5 atom stereocenters. The van der Waals surface area contributed by atoms with Crippen molar-refractivity contribution in [2.45, 2.75) is 63.0 Å². The summed E-state index contributed by atoms with van der Waals surface area (Å²) in [5.74, 6) is 0. The maximum absolute atomic E-state index is 9.75. The van der Waals surface area contributed by atoms with E-state index >= 15 is 0 Å². The molecule has 18 heteroatoms. The molecule has 2 heterocycles. The van der Waals surface area contributed by atoms with Crippen molar-refractivity contribution in [3.63, 3.8) is 0 Å². The van der Waals surface area contributed by atoms with Crippen LogP contribution in [0.15, 0.2) is 176 Å². The number of ether oxygens (including phenoxy) is 8. The average molecular weight is 1140 g/mol. The Morgan fingerprint density at radius 1 is 0.438 bits per heavy atom. The molecule has 397 valence electrons. The van der Waals surface area contributed by atoms with E-state index in [2.05, 4.69) is 72.8 Å². The van der Waals surface area contributed by atoms with Crippen molar-refractivity contribution in [1.82, 2.24) is 0 Å². The second-order valence-corrected chi connectivity index (χ2v) is 20.0. The van der Waals surface area contributed by atoms with Crippen molar-refractivity contribution in [1.29, 1.82) is 0 Å². The van der Waals surface area contributed by atoms with Gasteiger partial charge in [-0.15, -0.1) is 0 Å². The normalized spacial score (nSPS) is 22.4. The van der Waals surface area contributed by atoms with Crippen LogP contribution in [0.3, 0.4) is 0 Å². The molecule has 0 saturated carbocycles. The number of benzene rings is 5. The summed E-state index contributed by atoms with van der Waals surface area (Å²) in [6.07, 6.45) is 10.4. The largest absolute Gasteiger partial charge is 0.673 e. The van der Waals surface area contributed by atoms with Gasteiger partial charge in [0.15, 0.2) is 6.29 Å². The van der Waals surface area contributed by atoms with Gasteiger partial charge in [-0.05, 0) is 31.2 Å². The summed E-state index contributed by atoms with van der Waals surface area (Å²) in [7, 11) is -8.77. The molecule has 5 aromatic carbocycles. The number of fused-ring (bicyclic) bond motifs is 3. The minimum atomic E-state index is -6.00. The fraction of sp³-hybridized carbons (Fsp3) is 0.382. The van der Waals surface area contributed by atoms with Gasteiger partial charge in [0.2, 0.25) is 0 Å². The summed E-state index contributed by atoms with van der Waals surface area (Å²) >= 11 is 0. The molecule has 0 unspecified atom stereocenters. The third-order valence-electron chi connectivity index (χ3n) is 10.9. The zero-order chi connectivity index (χ0) is 50.3. The second kappa shape index (κ2) is 35.7. The van der Waals surface area contributed by atoms with E-state index in [0.29, 0.717) is 59.5 Å². The van der Waals surface area contributed by atoms with Crippen molar-refractivity contribution in [3.05, 3.63) is 182 Å². The van der Waals surface area contributed by atoms with E-state index in [1.807, 2.05) is 103 Å². The molecule has 2 aliphatic heterocycles. The molecule has 0 aromatic heterocycles. The Morgan fingerprint density at radius 2 is 0.767 bits per heavy atom. The van der Waals surface area contributed by atoms with Crippen molar-refractivity contribution >= 4 is 44.8 Å². The topological polar surface area (TPSA) is 92.3 Å². The Morgan fingerprint density at radius 3 is 1.15 bits per heavy atom. The monoisotopic (exact) mass is 1140 g/mol. The number of halogens is 4. The number of rotatable bonds is 12. The van der Waals surface area contributed by atoms with Crippen LogP contribution in [-0.2, 0) is 73.0 Å². The van der Waals surface area contributed by atoms with Gasteiger partial charge in [0, 0.05) is 40.7 Å². The van der Waals surface area contributed by atoms with Gasteiger partial charge in [-0.25, -0.2) is 0 Å². The van der Waals surface area contributed by atoms with Gasteiger partial charge in [0.25, 0.3) is 0 Å². The summed E-state index contributed by atoms with van der Waals surface area (Å²) < 4.78 is 104. The summed E-state index contributed by atoms with van der Waals surface area (Å²) in [5, 5.41) is 4.21. The molecule has 8 rings (SSSR count). The smallest absolute Gasteiger partial charge is 0.418 e. The zero-order valence-electron chi connectivity index (χ0n) is 40.8. The molecular weight excluding hydrogens is 1070 g/mol. The van der Waals surface area contributed by atoms with Gasteiger partial charge in [-0.1, -0.05) is 176 Å². The minimum absolute atomic E-state index is 0. The molecule has 1 aliphatic carbocycles. The van der Waals surface area contributed by atoms with E-state index in [-0.39, 0.29) is 39.3 Å². The molecule has 3 aliphatic rings. The first-order valence-corrected chi connectivity index (χ1v) is 27.0. The summed E-state index contributed by atoms with van der Waals surface area (Å²) in [6.45, 7) is 4.51. The van der Waals surface area contributed by atoms with Crippen LogP contribution in [0, 0.1) is 0 Å². The summed E-state index contributed by atoms with van der Waals surface area (Å²) in [6, 6.07) is 51.4. The first-order valence-electron chi connectivity index (χ1n) is 24.5. The van der Waals surface area contributed by atoms with E-state index in [1.165, 1.54) is 25.7 Å². The Bertz CT molecular complexity index is 2110. The fourth-order valence-electron chi connectivity index (χ4n) is 7.57. The van der Waals surface area contributed by atoms with E-state index in [0.717, 1.165) is 26.8 Å². The Labute approximate surface area is 443 Å². The van der Waals surface area contributed by atoms with Gasteiger partial charge in [-0.3, -0.25) is 0 Å². The Hall–Kier alpha value is -3.55. The van der Waals surface area contributed by atoms with Crippen LogP contribution < -0.4 is 21.2 Å². The van der Waals surface area contributed by atoms with Crippen molar-refractivity contribution < 1.29 is 83.7 Å². The quantitative estimate of drug-likeness (QED) is 0.0521. The molecule has 10 nitrogen and oxygen atoms in total. The van der Waals surface area contributed by atoms with Crippen LogP contribution in [0.1, 0.15) is 31.2 Å². The molecule has 0 N–H and O–H groups in total. The van der Waals surface area contributed by atoms with Gasteiger partial charge >= 0.3 is 7.25 Å². The van der Waals surface area contributed by atoms with Gasteiger partial charge in [-0.2, -0.15) is 0 Å². The van der Waals surface area contributed by atoms with Crippen LogP contribution in [0.5, 0.6) is 0 Å². The Balaban J connectivity index is 0.000000619. The Kier molecular flexibility index (Phi) is 29.5. The van der Waals surface area contributed by atoms with Crippen molar-refractivity contribution in [2.24, 2.45) is 0 Å². The average Bonchev–Trinajstić information content (AvgIpc) is 3.38. The second-order valence-electron chi connectivity index (χ2n) is 16.4. The number of hydrogen-bond acceptors (Lipinski definition) is 10. The van der Waals surface area contributed by atoms with Crippen LogP contribution in [0.2, 0.25) is 0 Å². The molecule has 1 radical (unpaired) electrons. The first kappa shape index (κ1) is 60.3. The van der Waals surface area contributed by atoms with E-state index < -0.39 is 54.3 Å². The molecule has 73 heavy (non-hydrogen) atoms. The zero-order valence-corrected chi connectivity index (χ0v) is 44.3. The molecule has 0 spiro atoms. The SMILES string of the molecule is C1=C\CC/C=C\CC/1.F[B-](F)(F)F.[Rh].c1ccc(COC[C@H]2O[C@@H]3OCCOCCOCCOCCOCCO[C@H]2[C@H](OP(c2ccccc2)c2ccccc2)[C@H]3OP(c2ccccc2)c2ccccc2)cc1. The third kappa shape index (κ3) is 23.5. The van der Waals surface area contributed by atoms with E-state index in [9.17, 15) is 17.3 Å². The first-order chi connectivity index (χ1) is 35.3. The van der Waals surface area contributed by atoms with E-state index in [1.54, 1.807) is 0 Å². The fourth-order valence-corrected chi connectivity index (χ4v) is 11.4. The maximum atomic E-state index is 9.75. The molecule has 2 bridgehead atoms. The van der Waals surface area contributed by atoms with Gasteiger partial charge < -0.3 is 64.2 Å². The van der Waals surface area contributed by atoms with Crippen LogP contribution in [0.4, 0.5) is 17.3 Å². The maximum Gasteiger partial charge on any atom is 0.673 e. The predicted octanol–water partition coefficient (Wildman–Crippen LogP) is 10.2. The van der Waals surface area contributed by atoms with Crippen LogP contribution in [-0.4, -0.2) is 111 Å². The van der Waals surface area contributed by atoms with Crippen molar-refractivity contribution in [2.75, 3.05) is 72.7 Å². The molecule has 0 amide bonds. The van der Waals surface area contributed by atoms with E-state index in [4.69, 9.17) is 46.9 Å². The summed E-state index contributed by atoms with van der Waals surface area (Å²) in [5.41, 5.74) is 1.06. The van der Waals surface area contributed by atoms with Crippen molar-refractivity contribution in [3.8, 4) is 0 Å². The third-order valence-corrected chi connectivity index (χ3v) is 14.9. The van der Waals surface area contributed by atoms with Gasteiger partial charge in [0.1, 0.15) is 24.4 Å². The molecule has 5 aromatic rings. The van der Waals surface area contributed by atoms with Crippen LogP contribution in [0.25, 0.3) is 0 Å². The summed E-state index contributed by atoms with van der Waals surface area (Å²) in [4.78, 5) is 0. The predicted molar refractivity (Wildman–Crippen MR) is 279 cm³/mol. The molecule has 2 fully saturated rings. The molecular formula is C55H66BF4O10P2Rh-. The van der Waals surface area contributed by atoms with Crippen LogP contribution >= 0.6 is 16.3 Å². The number of allylic oxidation sites excluding steroid dienone is 4. The molecule has 2 saturated heterocycles. The standard InChI is InChI=1S/C47H54O10P2.C8H12.BF4.Rh/c1-6-16-38(17-7-1)36-52-37-43-44-45(56-58(39-18-8-2-9-19-39)40-20-10-3-11-21-40)46(57-59(41-22-12-4-13-23-41)42-24-14-5-15-25-42)47(55-43)54-35-33-51-31-29-49-27-26-48-28-30-50-32-34-53-44;1-2-4-6-8-7-5-3-1;2-1(3,4)5;/h1-25,43-47H,26-37H2;1-2,7-8H,3-6H2;;/q;;-1;/b;2-1-,8-7-;;/t43-,44-,45+,46-,47+;;;/m1.../s1. The number of hydrogen-bond donors (Lipinski definition) is 0.